The molecule has 2 aromatic rings. The van der Waals surface area contributed by atoms with Gasteiger partial charge in [-0.25, -0.2) is 4.98 Å². The molecule has 0 spiro atoms. The van der Waals surface area contributed by atoms with E-state index in [1.165, 1.54) is 0 Å². The van der Waals surface area contributed by atoms with E-state index in [-0.39, 0.29) is 5.41 Å². The Balaban J connectivity index is 2.22. The maximum Gasteiger partial charge on any atom is 0.219 e. The number of nitrogens with one attached hydrogen (secondary N) is 1. The van der Waals surface area contributed by atoms with E-state index in [1.54, 1.807) is 0 Å². The number of benzene rings is 1. The maximum atomic E-state index is 5.83. The molecule has 0 saturated heterocycles. The van der Waals surface area contributed by atoms with Crippen LogP contribution in [0.1, 0.15) is 32.2 Å². The molecule has 0 fully saturated rings. The molecule has 0 atom stereocenters. The third kappa shape index (κ3) is 4.17. The molecule has 0 bridgehead atoms. The van der Waals surface area contributed by atoms with E-state index in [0.29, 0.717) is 12.5 Å². The van der Waals surface area contributed by atoms with Gasteiger partial charge in [0.05, 0.1) is 0 Å². The zero-order valence-corrected chi connectivity index (χ0v) is 14.4. The number of aromatic nitrogens is 2. The molecule has 1 aromatic heterocycles. The van der Waals surface area contributed by atoms with Crippen LogP contribution in [0.4, 0.5) is 5.82 Å². The van der Waals surface area contributed by atoms with Crippen molar-refractivity contribution in [2.75, 3.05) is 12.4 Å². The van der Waals surface area contributed by atoms with Crippen molar-refractivity contribution in [2.24, 2.45) is 0 Å². The zero-order valence-electron chi connectivity index (χ0n) is 12.8. The zero-order chi connectivity index (χ0) is 15.5. The molecule has 112 valence electrons. The molecule has 1 N–H and O–H groups in total. The van der Waals surface area contributed by atoms with Crippen molar-refractivity contribution >= 4 is 21.7 Å². The van der Waals surface area contributed by atoms with Gasteiger partial charge in [0.25, 0.3) is 0 Å². The standard InChI is InChI=1S/C16H20BrN3O/c1-16(2,3)15-19-13(18-4)9-14(20-15)21-10-11-7-5-6-8-12(11)17/h5-9H,10H2,1-4H3,(H,18,19,20). The summed E-state index contributed by atoms with van der Waals surface area (Å²) in [6, 6.07) is 9.80. The van der Waals surface area contributed by atoms with Crippen molar-refractivity contribution in [3.8, 4) is 5.88 Å². The van der Waals surface area contributed by atoms with E-state index in [9.17, 15) is 0 Å². The van der Waals surface area contributed by atoms with Gasteiger partial charge in [-0.1, -0.05) is 54.9 Å². The molecule has 1 aromatic carbocycles. The molecule has 2 rings (SSSR count). The van der Waals surface area contributed by atoms with Crippen molar-refractivity contribution in [1.82, 2.24) is 9.97 Å². The van der Waals surface area contributed by atoms with Gasteiger partial charge in [0.1, 0.15) is 18.2 Å². The first-order valence-electron chi connectivity index (χ1n) is 6.83. The molecule has 0 radical (unpaired) electrons. The van der Waals surface area contributed by atoms with Gasteiger partial charge in [0.2, 0.25) is 5.88 Å². The van der Waals surface area contributed by atoms with Crippen LogP contribution < -0.4 is 10.1 Å². The van der Waals surface area contributed by atoms with Crippen LogP contribution in [0.25, 0.3) is 0 Å². The van der Waals surface area contributed by atoms with Gasteiger partial charge in [-0.3, -0.25) is 0 Å². The first kappa shape index (κ1) is 15.8. The van der Waals surface area contributed by atoms with E-state index in [2.05, 4.69) is 52.0 Å². The second-order valence-corrected chi connectivity index (χ2v) is 6.65. The summed E-state index contributed by atoms with van der Waals surface area (Å²) in [6.07, 6.45) is 0. The predicted molar refractivity (Wildman–Crippen MR) is 88.8 cm³/mol. The molecule has 0 aliphatic carbocycles. The third-order valence-corrected chi connectivity index (χ3v) is 3.74. The summed E-state index contributed by atoms with van der Waals surface area (Å²) in [7, 11) is 1.84. The van der Waals surface area contributed by atoms with Gasteiger partial charge in [-0.05, 0) is 6.07 Å². The molecule has 21 heavy (non-hydrogen) atoms. The quantitative estimate of drug-likeness (QED) is 0.900. The number of anilines is 1. The van der Waals surface area contributed by atoms with Crippen LogP contribution in [0.3, 0.4) is 0 Å². The number of halogens is 1. The van der Waals surface area contributed by atoms with Crippen molar-refractivity contribution in [1.29, 1.82) is 0 Å². The second-order valence-electron chi connectivity index (χ2n) is 5.80. The summed E-state index contributed by atoms with van der Waals surface area (Å²) in [5.74, 6) is 2.10. The van der Waals surface area contributed by atoms with E-state index in [0.717, 1.165) is 21.7 Å². The highest BCUT2D eigenvalue weighted by Crippen LogP contribution is 2.24. The minimum absolute atomic E-state index is 0.127. The van der Waals surface area contributed by atoms with Crippen LogP contribution in [0.15, 0.2) is 34.8 Å². The molecule has 5 heteroatoms. The largest absolute Gasteiger partial charge is 0.473 e. The minimum Gasteiger partial charge on any atom is -0.473 e. The van der Waals surface area contributed by atoms with Gasteiger partial charge >= 0.3 is 0 Å². The van der Waals surface area contributed by atoms with Crippen molar-refractivity contribution in [2.45, 2.75) is 32.8 Å². The lowest BCUT2D eigenvalue weighted by Crippen LogP contribution is -2.17. The fourth-order valence-electron chi connectivity index (χ4n) is 1.73. The highest BCUT2D eigenvalue weighted by atomic mass is 79.9. The number of hydrogen-bond donors (Lipinski definition) is 1. The van der Waals surface area contributed by atoms with Crippen LogP contribution in [0.5, 0.6) is 5.88 Å². The normalized spacial score (nSPS) is 11.3. The first-order chi connectivity index (χ1) is 9.90. The fourth-order valence-corrected chi connectivity index (χ4v) is 2.13. The van der Waals surface area contributed by atoms with Gasteiger partial charge < -0.3 is 10.1 Å². The predicted octanol–water partition coefficient (Wildman–Crippen LogP) is 4.16. The third-order valence-electron chi connectivity index (χ3n) is 2.96. The SMILES string of the molecule is CNc1cc(OCc2ccccc2Br)nc(C(C)(C)C)n1. The maximum absolute atomic E-state index is 5.83. The van der Waals surface area contributed by atoms with Crippen molar-refractivity contribution in [3.05, 3.63) is 46.2 Å². The second kappa shape index (κ2) is 6.43. The Morgan fingerprint density at radius 1 is 1.19 bits per heavy atom. The Labute approximate surface area is 134 Å². The monoisotopic (exact) mass is 349 g/mol. The van der Waals surface area contributed by atoms with Crippen LogP contribution in [-0.2, 0) is 12.0 Å². The van der Waals surface area contributed by atoms with Crippen LogP contribution in [-0.4, -0.2) is 17.0 Å². The van der Waals surface area contributed by atoms with Gasteiger partial charge in [-0.15, -0.1) is 0 Å². The van der Waals surface area contributed by atoms with E-state index in [4.69, 9.17) is 4.74 Å². The van der Waals surface area contributed by atoms with E-state index >= 15 is 0 Å². The Morgan fingerprint density at radius 2 is 1.90 bits per heavy atom. The minimum atomic E-state index is -0.127. The molecule has 0 saturated carbocycles. The Kier molecular flexibility index (Phi) is 4.83. The molecule has 0 aliphatic heterocycles. The number of hydrogen-bond acceptors (Lipinski definition) is 4. The summed E-state index contributed by atoms with van der Waals surface area (Å²) < 4.78 is 6.86. The molecule has 0 aliphatic rings. The van der Waals surface area contributed by atoms with E-state index in [1.807, 2.05) is 37.4 Å². The highest BCUT2D eigenvalue weighted by molar-refractivity contribution is 9.10. The molecular formula is C16H20BrN3O. The summed E-state index contributed by atoms with van der Waals surface area (Å²) in [5.41, 5.74) is 0.956. The lowest BCUT2D eigenvalue weighted by atomic mass is 9.96. The lowest BCUT2D eigenvalue weighted by Gasteiger charge is -2.18. The van der Waals surface area contributed by atoms with Gasteiger partial charge in [0, 0.05) is 28.6 Å². The number of nitrogens with zero attached hydrogens (tertiary/aromatic N) is 2. The lowest BCUT2D eigenvalue weighted by molar-refractivity contribution is 0.289. The highest BCUT2D eigenvalue weighted by Gasteiger charge is 2.19. The fraction of sp³-hybridized carbons (Fsp3) is 0.375. The van der Waals surface area contributed by atoms with E-state index < -0.39 is 0 Å². The van der Waals surface area contributed by atoms with Gasteiger partial charge in [0.15, 0.2) is 0 Å². The Bertz CT molecular complexity index is 623. The van der Waals surface area contributed by atoms with Crippen molar-refractivity contribution < 1.29 is 4.74 Å². The van der Waals surface area contributed by atoms with Crippen molar-refractivity contribution in [3.63, 3.8) is 0 Å². The topological polar surface area (TPSA) is 47.0 Å². The molecular weight excluding hydrogens is 330 g/mol. The van der Waals surface area contributed by atoms with Crippen LogP contribution >= 0.6 is 15.9 Å². The van der Waals surface area contributed by atoms with Crippen LogP contribution in [0, 0.1) is 0 Å². The van der Waals surface area contributed by atoms with Crippen LogP contribution in [0.2, 0.25) is 0 Å². The Morgan fingerprint density at radius 3 is 2.52 bits per heavy atom. The number of rotatable bonds is 4. The molecule has 1 heterocycles. The first-order valence-corrected chi connectivity index (χ1v) is 7.63. The average molecular weight is 350 g/mol. The average Bonchev–Trinajstić information content (AvgIpc) is 2.45. The molecule has 0 unspecified atom stereocenters. The van der Waals surface area contributed by atoms with Gasteiger partial charge in [-0.2, -0.15) is 4.98 Å². The number of ether oxygens (including phenoxy) is 1. The summed E-state index contributed by atoms with van der Waals surface area (Å²) in [5, 5.41) is 3.05. The molecule has 0 amide bonds. The molecule has 4 nitrogen and oxygen atoms in total. The summed E-state index contributed by atoms with van der Waals surface area (Å²) in [6.45, 7) is 6.71. The summed E-state index contributed by atoms with van der Waals surface area (Å²) in [4.78, 5) is 8.99. The summed E-state index contributed by atoms with van der Waals surface area (Å²) >= 11 is 3.52. The smallest absolute Gasteiger partial charge is 0.219 e. The Hall–Kier alpha value is -1.62.